The molecule has 0 aliphatic carbocycles. The van der Waals surface area contributed by atoms with Crippen molar-refractivity contribution in [1.82, 2.24) is 0 Å². The van der Waals surface area contributed by atoms with Gasteiger partial charge in [-0.15, -0.1) is 0 Å². The second-order valence-corrected chi connectivity index (χ2v) is 6.41. The summed E-state index contributed by atoms with van der Waals surface area (Å²) < 4.78 is 10.6. The van der Waals surface area contributed by atoms with Crippen molar-refractivity contribution in [3.63, 3.8) is 0 Å². The van der Waals surface area contributed by atoms with Crippen molar-refractivity contribution < 1.29 is 19.4 Å². The molecule has 0 heterocycles. The molecule has 0 amide bonds. The first kappa shape index (κ1) is 21.6. The number of carbonyl (C=O) groups excluding carboxylic acids is 1. The Hall–Kier alpha value is -2.49. The number of hydrogen-bond donors (Lipinski definition) is 1. The zero-order valence-corrected chi connectivity index (χ0v) is 16.2. The molecule has 0 unspecified atom stereocenters. The Morgan fingerprint density at radius 1 is 1.19 bits per heavy atom. The molecule has 4 nitrogen and oxygen atoms in total. The van der Waals surface area contributed by atoms with Crippen molar-refractivity contribution in [2.75, 3.05) is 13.2 Å². The second-order valence-electron chi connectivity index (χ2n) is 6.41. The molecular weight excluding hydrogens is 328 g/mol. The van der Waals surface area contributed by atoms with Crippen LogP contribution in [-0.2, 0) is 9.53 Å². The van der Waals surface area contributed by atoms with Crippen molar-refractivity contribution in [3.8, 4) is 11.5 Å². The molecule has 4 heteroatoms. The number of carbonyl (C=O) groups is 1. The zero-order chi connectivity index (χ0) is 19.4. The van der Waals surface area contributed by atoms with Crippen LogP contribution >= 0.6 is 0 Å². The maximum atomic E-state index is 11.8. The highest BCUT2D eigenvalue weighted by Crippen LogP contribution is 2.27. The minimum absolute atomic E-state index is 0.0592. The number of aromatic hydroxyl groups is 1. The summed E-state index contributed by atoms with van der Waals surface area (Å²) in [5.74, 6) is 0.0911. The van der Waals surface area contributed by atoms with Gasteiger partial charge >= 0.3 is 5.97 Å². The molecular formula is C22H30O4. The topological polar surface area (TPSA) is 55.8 Å². The molecule has 1 aromatic rings. The number of benzene rings is 1. The Morgan fingerprint density at radius 3 is 2.62 bits per heavy atom. The van der Waals surface area contributed by atoms with E-state index in [1.807, 2.05) is 19.9 Å². The number of ether oxygens (including phenoxy) is 2. The minimum Gasteiger partial charge on any atom is -0.504 e. The van der Waals surface area contributed by atoms with Crippen LogP contribution in [0.3, 0.4) is 0 Å². The number of rotatable bonds is 10. The van der Waals surface area contributed by atoms with Gasteiger partial charge in [0.15, 0.2) is 11.5 Å². The lowest BCUT2D eigenvalue weighted by molar-refractivity contribution is -0.136. The highest BCUT2D eigenvalue weighted by atomic mass is 16.5. The third-order valence-corrected chi connectivity index (χ3v) is 3.61. The quantitative estimate of drug-likeness (QED) is 0.344. The van der Waals surface area contributed by atoms with E-state index in [2.05, 4.69) is 19.9 Å². The van der Waals surface area contributed by atoms with Gasteiger partial charge in [-0.1, -0.05) is 30.2 Å². The molecule has 0 aliphatic heterocycles. The molecule has 0 aromatic heterocycles. The van der Waals surface area contributed by atoms with E-state index in [-0.39, 0.29) is 12.4 Å². The maximum Gasteiger partial charge on any atom is 0.331 e. The van der Waals surface area contributed by atoms with Gasteiger partial charge in [0.1, 0.15) is 6.61 Å². The Balaban J connectivity index is 2.45. The van der Waals surface area contributed by atoms with Crippen LogP contribution in [0.4, 0.5) is 0 Å². The summed E-state index contributed by atoms with van der Waals surface area (Å²) in [5.41, 5.74) is 3.22. The molecule has 1 rings (SSSR count). The van der Waals surface area contributed by atoms with Gasteiger partial charge in [-0.25, -0.2) is 4.79 Å². The summed E-state index contributed by atoms with van der Waals surface area (Å²) in [6.07, 6.45) is 9.92. The maximum absolute atomic E-state index is 11.8. The molecule has 0 saturated carbocycles. The normalized spacial score (nSPS) is 11.5. The number of phenolic OH excluding ortho intramolecular Hbond substituents is 1. The van der Waals surface area contributed by atoms with Gasteiger partial charge in [0.05, 0.1) is 6.61 Å². The van der Waals surface area contributed by atoms with Gasteiger partial charge in [-0.3, -0.25) is 0 Å². The van der Waals surface area contributed by atoms with E-state index >= 15 is 0 Å². The van der Waals surface area contributed by atoms with Gasteiger partial charge in [0, 0.05) is 6.08 Å². The molecule has 0 spiro atoms. The fourth-order valence-electron chi connectivity index (χ4n) is 2.14. The summed E-state index contributed by atoms with van der Waals surface area (Å²) in [6.45, 7) is 9.01. The third kappa shape index (κ3) is 9.11. The Labute approximate surface area is 156 Å². The average Bonchev–Trinajstić information content (AvgIpc) is 2.59. The van der Waals surface area contributed by atoms with Crippen molar-refractivity contribution in [1.29, 1.82) is 0 Å². The van der Waals surface area contributed by atoms with Gasteiger partial charge in [0.25, 0.3) is 0 Å². The number of esters is 1. The SMILES string of the molecule is CCCOc1ccc(C=CC(=O)OCC=C(C)CCC=C(C)C)cc1O. The van der Waals surface area contributed by atoms with Crippen LogP contribution in [0.15, 0.2) is 47.6 Å². The standard InChI is InChI=1S/C22H30O4/c1-5-14-25-21-11-9-19(16-20(21)23)10-12-22(24)26-15-13-18(4)8-6-7-17(2)3/h7,9-13,16,23H,5-6,8,14-15H2,1-4H3. The molecule has 0 saturated heterocycles. The van der Waals surface area contributed by atoms with Crippen LogP contribution < -0.4 is 4.74 Å². The van der Waals surface area contributed by atoms with Crippen molar-refractivity contribution in [2.24, 2.45) is 0 Å². The van der Waals surface area contributed by atoms with E-state index in [1.165, 1.54) is 17.2 Å². The van der Waals surface area contributed by atoms with Crippen LogP contribution in [0.25, 0.3) is 6.08 Å². The minimum atomic E-state index is -0.413. The van der Waals surface area contributed by atoms with Gasteiger partial charge < -0.3 is 14.6 Å². The van der Waals surface area contributed by atoms with Crippen LogP contribution in [-0.4, -0.2) is 24.3 Å². The molecule has 26 heavy (non-hydrogen) atoms. The first-order valence-electron chi connectivity index (χ1n) is 9.02. The van der Waals surface area contributed by atoms with E-state index in [0.717, 1.165) is 19.3 Å². The second kappa shape index (κ2) is 12.0. The summed E-state index contributed by atoms with van der Waals surface area (Å²) >= 11 is 0. The Bertz CT molecular complexity index is 665. The highest BCUT2D eigenvalue weighted by molar-refractivity contribution is 5.87. The van der Waals surface area contributed by atoms with Crippen molar-refractivity contribution >= 4 is 12.0 Å². The van der Waals surface area contributed by atoms with Crippen LogP contribution in [0, 0.1) is 0 Å². The lowest BCUT2D eigenvalue weighted by atomic mass is 10.1. The lowest BCUT2D eigenvalue weighted by Gasteiger charge is -2.07. The third-order valence-electron chi connectivity index (χ3n) is 3.61. The predicted octanol–water partition coefficient (Wildman–Crippen LogP) is 5.43. The number of allylic oxidation sites excluding steroid dienone is 3. The molecule has 0 atom stereocenters. The number of phenols is 1. The Morgan fingerprint density at radius 2 is 1.96 bits per heavy atom. The molecule has 0 fully saturated rings. The summed E-state index contributed by atoms with van der Waals surface area (Å²) in [6, 6.07) is 5.03. The zero-order valence-electron chi connectivity index (χ0n) is 16.2. The Kier molecular flexibility index (Phi) is 9.91. The molecule has 0 bridgehead atoms. The van der Waals surface area contributed by atoms with E-state index < -0.39 is 5.97 Å². The first-order valence-corrected chi connectivity index (χ1v) is 9.02. The molecule has 1 aromatic carbocycles. The number of hydrogen-bond acceptors (Lipinski definition) is 4. The fourth-order valence-corrected chi connectivity index (χ4v) is 2.14. The summed E-state index contributed by atoms with van der Waals surface area (Å²) in [7, 11) is 0. The van der Waals surface area contributed by atoms with E-state index in [0.29, 0.717) is 17.9 Å². The molecule has 0 aliphatic rings. The largest absolute Gasteiger partial charge is 0.504 e. The summed E-state index contributed by atoms with van der Waals surface area (Å²) in [4.78, 5) is 11.8. The van der Waals surface area contributed by atoms with Crippen LogP contribution in [0.2, 0.25) is 0 Å². The van der Waals surface area contributed by atoms with Crippen molar-refractivity contribution in [3.05, 3.63) is 53.1 Å². The molecule has 0 radical (unpaired) electrons. The van der Waals surface area contributed by atoms with E-state index in [4.69, 9.17) is 9.47 Å². The fraction of sp³-hybridized carbons (Fsp3) is 0.409. The van der Waals surface area contributed by atoms with Crippen LogP contribution in [0.1, 0.15) is 52.5 Å². The van der Waals surface area contributed by atoms with Crippen LogP contribution in [0.5, 0.6) is 11.5 Å². The van der Waals surface area contributed by atoms with Crippen molar-refractivity contribution in [2.45, 2.75) is 47.0 Å². The molecule has 142 valence electrons. The first-order chi connectivity index (χ1) is 12.4. The average molecular weight is 358 g/mol. The van der Waals surface area contributed by atoms with E-state index in [1.54, 1.807) is 24.3 Å². The smallest absolute Gasteiger partial charge is 0.331 e. The van der Waals surface area contributed by atoms with E-state index in [9.17, 15) is 9.90 Å². The van der Waals surface area contributed by atoms with Gasteiger partial charge in [0.2, 0.25) is 0 Å². The predicted molar refractivity (Wildman–Crippen MR) is 106 cm³/mol. The highest BCUT2D eigenvalue weighted by Gasteiger charge is 2.03. The summed E-state index contributed by atoms with van der Waals surface area (Å²) in [5, 5.41) is 9.90. The monoisotopic (exact) mass is 358 g/mol. The lowest BCUT2D eigenvalue weighted by Crippen LogP contribution is -2.00. The van der Waals surface area contributed by atoms with Gasteiger partial charge in [-0.05, 0) is 69.9 Å². The molecule has 1 N–H and O–H groups in total. The van der Waals surface area contributed by atoms with Gasteiger partial charge in [-0.2, -0.15) is 0 Å².